The molecule has 0 amide bonds. The number of alkyl halides is 6. The molecule has 0 nitrogen and oxygen atoms in total. The number of halogens is 6. The molecule has 0 rings (SSSR count). The average molecular weight is 194 g/mol. The van der Waals surface area contributed by atoms with Crippen LogP contribution in [0, 0.1) is 0 Å². The van der Waals surface area contributed by atoms with E-state index >= 15 is 0 Å². The van der Waals surface area contributed by atoms with Gasteiger partial charge in [-0.15, -0.1) is 0 Å². The molecule has 0 N–H and O–H groups in total. The summed E-state index contributed by atoms with van der Waals surface area (Å²) in [4.78, 5) is 0. The number of hydrogen-bond acceptors (Lipinski definition) is 0. The van der Waals surface area contributed by atoms with E-state index in [1.165, 1.54) is 0 Å². The van der Waals surface area contributed by atoms with Crippen LogP contribution in [0.5, 0.6) is 0 Å². The molecule has 0 unspecified atom stereocenters. The summed E-state index contributed by atoms with van der Waals surface area (Å²) in [6, 6.07) is 0. The SMILES string of the molecule is FCCC(F)(F)CCC(F)(F)F. The van der Waals surface area contributed by atoms with Crippen molar-refractivity contribution >= 4 is 0 Å². The Morgan fingerprint density at radius 1 is 0.750 bits per heavy atom. The van der Waals surface area contributed by atoms with E-state index in [1.807, 2.05) is 0 Å². The maximum Gasteiger partial charge on any atom is 0.389 e. The molecule has 0 aromatic carbocycles. The molecule has 0 atom stereocenters. The minimum Gasteiger partial charge on any atom is -0.251 e. The lowest BCUT2D eigenvalue weighted by Gasteiger charge is -2.15. The van der Waals surface area contributed by atoms with E-state index in [4.69, 9.17) is 0 Å². The van der Waals surface area contributed by atoms with E-state index in [2.05, 4.69) is 0 Å². The molecular weight excluding hydrogens is 186 g/mol. The Kier molecular flexibility index (Phi) is 3.86. The summed E-state index contributed by atoms with van der Waals surface area (Å²) < 4.78 is 70.0. The molecule has 0 fully saturated rings. The molecule has 0 aliphatic carbocycles. The van der Waals surface area contributed by atoms with Crippen molar-refractivity contribution in [3.8, 4) is 0 Å². The lowest BCUT2D eigenvalue weighted by Crippen LogP contribution is -2.21. The highest BCUT2D eigenvalue weighted by molar-refractivity contribution is 4.67. The van der Waals surface area contributed by atoms with Crippen molar-refractivity contribution in [2.45, 2.75) is 31.4 Å². The summed E-state index contributed by atoms with van der Waals surface area (Å²) in [6.07, 6.45) is -8.64. The highest BCUT2D eigenvalue weighted by Gasteiger charge is 2.36. The van der Waals surface area contributed by atoms with Crippen LogP contribution < -0.4 is 0 Å². The fourth-order valence-electron chi connectivity index (χ4n) is 0.588. The second-order valence-corrected chi connectivity index (χ2v) is 2.41. The van der Waals surface area contributed by atoms with Gasteiger partial charge in [0.25, 0.3) is 5.92 Å². The van der Waals surface area contributed by atoms with Gasteiger partial charge in [-0.05, 0) is 0 Å². The van der Waals surface area contributed by atoms with E-state index in [1.54, 1.807) is 0 Å². The zero-order chi connectivity index (χ0) is 9.83. The van der Waals surface area contributed by atoms with Gasteiger partial charge in [0.05, 0.1) is 6.67 Å². The first-order chi connectivity index (χ1) is 5.27. The van der Waals surface area contributed by atoms with Crippen LogP contribution in [0.2, 0.25) is 0 Å². The average Bonchev–Trinajstić information content (AvgIpc) is 1.83. The highest BCUT2D eigenvalue weighted by atomic mass is 19.4. The van der Waals surface area contributed by atoms with E-state index in [0.29, 0.717) is 0 Å². The Morgan fingerprint density at radius 2 is 1.25 bits per heavy atom. The smallest absolute Gasteiger partial charge is 0.251 e. The minimum absolute atomic E-state index is 1.14. The van der Waals surface area contributed by atoms with Crippen LogP contribution in [0.4, 0.5) is 26.3 Å². The van der Waals surface area contributed by atoms with Crippen LogP contribution in [0.15, 0.2) is 0 Å². The zero-order valence-corrected chi connectivity index (χ0v) is 6.10. The molecule has 0 saturated carbocycles. The number of rotatable bonds is 4. The van der Waals surface area contributed by atoms with Crippen molar-refractivity contribution < 1.29 is 26.3 Å². The fraction of sp³-hybridized carbons (Fsp3) is 1.00. The lowest BCUT2D eigenvalue weighted by molar-refractivity contribution is -0.152. The summed E-state index contributed by atoms with van der Waals surface area (Å²) in [5.74, 6) is -3.54. The van der Waals surface area contributed by atoms with Gasteiger partial charge < -0.3 is 0 Å². The van der Waals surface area contributed by atoms with Crippen molar-refractivity contribution in [2.24, 2.45) is 0 Å². The van der Waals surface area contributed by atoms with Crippen molar-refractivity contribution in [3.63, 3.8) is 0 Å². The number of hydrogen-bond donors (Lipinski definition) is 0. The van der Waals surface area contributed by atoms with Crippen LogP contribution >= 0.6 is 0 Å². The second kappa shape index (κ2) is 4.00. The molecular formula is C6H8F6. The van der Waals surface area contributed by atoms with Gasteiger partial charge >= 0.3 is 6.18 Å². The summed E-state index contributed by atoms with van der Waals surface area (Å²) in [6.45, 7) is -1.30. The maximum absolute atomic E-state index is 12.2. The molecule has 0 aliphatic rings. The minimum atomic E-state index is -4.60. The van der Waals surface area contributed by atoms with Crippen LogP contribution in [-0.4, -0.2) is 18.8 Å². The maximum atomic E-state index is 12.2. The van der Waals surface area contributed by atoms with Crippen molar-refractivity contribution in [3.05, 3.63) is 0 Å². The van der Waals surface area contributed by atoms with Crippen molar-refractivity contribution in [1.82, 2.24) is 0 Å². The topological polar surface area (TPSA) is 0 Å². The Hall–Kier alpha value is -0.420. The third kappa shape index (κ3) is 6.30. The van der Waals surface area contributed by atoms with E-state index < -0.39 is 38.0 Å². The third-order valence-corrected chi connectivity index (χ3v) is 1.23. The van der Waals surface area contributed by atoms with Gasteiger partial charge in [-0.3, -0.25) is 4.39 Å². The molecule has 6 heteroatoms. The van der Waals surface area contributed by atoms with Gasteiger partial charge in [0.15, 0.2) is 0 Å². The van der Waals surface area contributed by atoms with E-state index in [-0.39, 0.29) is 0 Å². The Labute approximate surface area is 65.6 Å². The fourth-order valence-corrected chi connectivity index (χ4v) is 0.588. The monoisotopic (exact) mass is 194 g/mol. The predicted molar refractivity (Wildman–Crippen MR) is 30.8 cm³/mol. The summed E-state index contributed by atoms with van der Waals surface area (Å²) >= 11 is 0. The summed E-state index contributed by atoms with van der Waals surface area (Å²) in [7, 11) is 0. The quantitative estimate of drug-likeness (QED) is 0.602. The molecule has 12 heavy (non-hydrogen) atoms. The van der Waals surface area contributed by atoms with Gasteiger partial charge in [0.2, 0.25) is 0 Å². The van der Waals surface area contributed by atoms with Gasteiger partial charge in [-0.2, -0.15) is 13.2 Å². The van der Waals surface area contributed by atoms with Crippen LogP contribution in [-0.2, 0) is 0 Å². The Bertz CT molecular complexity index is 126. The Morgan fingerprint density at radius 3 is 1.58 bits per heavy atom. The van der Waals surface area contributed by atoms with Gasteiger partial charge in [-0.1, -0.05) is 0 Å². The lowest BCUT2D eigenvalue weighted by atomic mass is 10.1. The molecule has 0 saturated heterocycles. The molecule has 0 heterocycles. The van der Waals surface area contributed by atoms with Crippen LogP contribution in [0.25, 0.3) is 0 Å². The first kappa shape index (κ1) is 11.6. The van der Waals surface area contributed by atoms with Crippen LogP contribution in [0.3, 0.4) is 0 Å². The standard InChI is InChI=1S/C6H8F6/c7-4-3-5(8,9)1-2-6(10,11)12/h1-4H2. The normalized spacial score (nSPS) is 13.5. The third-order valence-electron chi connectivity index (χ3n) is 1.23. The molecule has 0 aliphatic heterocycles. The molecule has 0 radical (unpaired) electrons. The Balaban J connectivity index is 3.75. The van der Waals surface area contributed by atoms with E-state index in [9.17, 15) is 26.3 Å². The molecule has 74 valence electrons. The highest BCUT2D eigenvalue weighted by Crippen LogP contribution is 2.31. The van der Waals surface area contributed by atoms with Crippen molar-refractivity contribution in [2.75, 3.05) is 6.67 Å². The largest absolute Gasteiger partial charge is 0.389 e. The first-order valence-electron chi connectivity index (χ1n) is 3.27. The zero-order valence-electron chi connectivity index (χ0n) is 6.10. The van der Waals surface area contributed by atoms with Crippen LogP contribution in [0.1, 0.15) is 19.3 Å². The predicted octanol–water partition coefficient (Wildman–Crippen LogP) is 3.32. The summed E-state index contributed by atoms with van der Waals surface area (Å²) in [5.41, 5.74) is 0. The van der Waals surface area contributed by atoms with Gasteiger partial charge in [-0.25, -0.2) is 8.78 Å². The first-order valence-corrected chi connectivity index (χ1v) is 3.27. The second-order valence-electron chi connectivity index (χ2n) is 2.41. The van der Waals surface area contributed by atoms with Gasteiger partial charge in [0.1, 0.15) is 0 Å². The molecule has 0 aromatic rings. The molecule has 0 aromatic heterocycles. The van der Waals surface area contributed by atoms with Crippen molar-refractivity contribution in [1.29, 1.82) is 0 Å². The van der Waals surface area contributed by atoms with E-state index in [0.717, 1.165) is 0 Å². The van der Waals surface area contributed by atoms with Gasteiger partial charge in [0, 0.05) is 19.3 Å². The molecule has 0 spiro atoms. The summed E-state index contributed by atoms with van der Waals surface area (Å²) in [5, 5.41) is 0. The molecule has 0 bridgehead atoms.